The standard InChI is InChI=1S/C39H49N3O7S2.Na/c1-4-7-25-41(27-29-50(43,44)45)36-19-11-32(12-20-36)39(31-9-15-34(16-10-31)40-35-17-23-38(24-18-35)49-6-3)33-13-21-37(22-14-33)42(26-8-5-2)28-30-51(46,47)48;/h9-24H,4-8,25-30H2,1-3H3,(H2,43,44,45,46,47,48);/q;+1. The van der Waals surface area contributed by atoms with E-state index in [9.17, 15) is 25.9 Å². The molecule has 13 heteroatoms. The van der Waals surface area contributed by atoms with E-state index in [0.717, 1.165) is 76.5 Å². The Labute approximate surface area is 331 Å². The van der Waals surface area contributed by atoms with Gasteiger partial charge in [0, 0.05) is 48.7 Å². The summed E-state index contributed by atoms with van der Waals surface area (Å²) in [6.07, 6.45) is 11.6. The van der Waals surface area contributed by atoms with Crippen molar-refractivity contribution in [1.82, 2.24) is 0 Å². The van der Waals surface area contributed by atoms with Crippen molar-refractivity contribution in [3.8, 4) is 5.75 Å². The van der Waals surface area contributed by atoms with Gasteiger partial charge in [-0.3, -0.25) is 4.55 Å². The van der Waals surface area contributed by atoms with Crippen LogP contribution in [0.3, 0.4) is 0 Å². The average Bonchev–Trinajstić information content (AvgIpc) is 3.10. The third kappa shape index (κ3) is 14.0. The Hall–Kier alpha value is -3.23. The molecule has 1 aliphatic rings. The molecule has 10 nitrogen and oxygen atoms in total. The van der Waals surface area contributed by atoms with Gasteiger partial charge < -0.3 is 19.5 Å². The average molecular weight is 759 g/mol. The van der Waals surface area contributed by atoms with Crippen molar-refractivity contribution >= 4 is 48.6 Å². The Bertz CT molecular complexity index is 1920. The van der Waals surface area contributed by atoms with Crippen molar-refractivity contribution in [3.05, 3.63) is 114 Å². The normalized spacial score (nSPS) is 12.7. The van der Waals surface area contributed by atoms with Crippen LogP contribution in [-0.2, 0) is 20.2 Å². The number of ether oxygens (including phenoxy) is 1. The molecule has 0 bridgehead atoms. The third-order valence-corrected chi connectivity index (χ3v) is 9.84. The van der Waals surface area contributed by atoms with Crippen LogP contribution in [0, 0.1) is 0 Å². The molecule has 0 saturated heterocycles. The SMILES string of the molecule is CCCCN(CCS(=O)(=O)[O-])c1ccc(C(=C2C=CC(=[N+](CCCC)CCS(=O)(=O)O)C=C2)c2ccc(Nc3ccc(OCC)cc3)cc2)cc1.[Na+]. The van der Waals surface area contributed by atoms with Crippen LogP contribution < -0.4 is 44.5 Å². The third-order valence-electron chi connectivity index (χ3n) is 8.46. The summed E-state index contributed by atoms with van der Waals surface area (Å²) in [5, 5.41) is 3.44. The molecule has 274 valence electrons. The number of rotatable bonds is 19. The zero-order valence-corrected chi connectivity index (χ0v) is 34.3. The molecule has 0 unspecified atom stereocenters. The molecular weight excluding hydrogens is 710 g/mol. The van der Waals surface area contributed by atoms with E-state index in [2.05, 4.69) is 31.3 Å². The summed E-state index contributed by atoms with van der Waals surface area (Å²) in [6, 6.07) is 23.9. The monoisotopic (exact) mass is 758 g/mol. The van der Waals surface area contributed by atoms with Crippen LogP contribution in [0.1, 0.15) is 57.6 Å². The first-order valence-electron chi connectivity index (χ1n) is 17.5. The Morgan fingerprint density at radius 2 is 1.31 bits per heavy atom. The van der Waals surface area contributed by atoms with Gasteiger partial charge in [0.25, 0.3) is 10.1 Å². The first-order valence-corrected chi connectivity index (χ1v) is 20.6. The van der Waals surface area contributed by atoms with E-state index in [4.69, 9.17) is 4.74 Å². The summed E-state index contributed by atoms with van der Waals surface area (Å²) in [7, 11) is -8.46. The van der Waals surface area contributed by atoms with Gasteiger partial charge in [0.2, 0.25) is 0 Å². The second-order valence-electron chi connectivity index (χ2n) is 12.4. The summed E-state index contributed by atoms with van der Waals surface area (Å²) in [6.45, 7) is 8.29. The predicted molar refractivity (Wildman–Crippen MR) is 206 cm³/mol. The number of anilines is 3. The molecular formula is C39H49N3NaO7S2+. The molecule has 0 radical (unpaired) electrons. The molecule has 0 aromatic heterocycles. The molecule has 0 spiro atoms. The molecule has 0 saturated carbocycles. The van der Waals surface area contributed by atoms with Crippen molar-refractivity contribution in [1.29, 1.82) is 0 Å². The largest absolute Gasteiger partial charge is 1.00 e. The summed E-state index contributed by atoms with van der Waals surface area (Å²) in [5.41, 5.74) is 7.39. The second kappa shape index (κ2) is 20.9. The van der Waals surface area contributed by atoms with Crippen LogP contribution in [-0.4, -0.2) is 80.5 Å². The van der Waals surface area contributed by atoms with E-state index in [1.807, 2.05) is 101 Å². The summed E-state index contributed by atoms with van der Waals surface area (Å²) in [5.74, 6) is -0.000848. The van der Waals surface area contributed by atoms with Gasteiger partial charge in [0.05, 0.1) is 22.5 Å². The summed E-state index contributed by atoms with van der Waals surface area (Å²) >= 11 is 0. The maximum atomic E-state index is 11.5. The number of allylic oxidation sites excluding steroid dienone is 5. The fourth-order valence-corrected chi connectivity index (χ4v) is 6.65. The van der Waals surface area contributed by atoms with E-state index in [0.29, 0.717) is 19.7 Å². The number of benzene rings is 3. The first kappa shape index (κ1) is 43.2. The number of nitrogens with zero attached hydrogens (tertiary/aromatic N) is 2. The summed E-state index contributed by atoms with van der Waals surface area (Å²) < 4.78 is 74.3. The van der Waals surface area contributed by atoms with Crippen LogP contribution >= 0.6 is 0 Å². The minimum Gasteiger partial charge on any atom is -0.748 e. The molecule has 52 heavy (non-hydrogen) atoms. The molecule has 0 atom stereocenters. The molecule has 2 N–H and O–H groups in total. The van der Waals surface area contributed by atoms with Gasteiger partial charge in [-0.25, -0.2) is 13.0 Å². The van der Waals surface area contributed by atoms with E-state index in [1.165, 1.54) is 0 Å². The van der Waals surface area contributed by atoms with Gasteiger partial charge in [-0.15, -0.1) is 0 Å². The van der Waals surface area contributed by atoms with Crippen LogP contribution in [0.15, 0.2) is 103 Å². The Morgan fingerprint density at radius 1 is 0.750 bits per heavy atom. The first-order chi connectivity index (χ1) is 24.4. The van der Waals surface area contributed by atoms with Gasteiger partial charge in [-0.1, -0.05) is 51.0 Å². The fourth-order valence-electron chi connectivity index (χ4n) is 5.75. The molecule has 0 fully saturated rings. The van der Waals surface area contributed by atoms with Gasteiger partial charge in [-0.05, 0) is 96.3 Å². The quantitative estimate of drug-likeness (QED) is 0.105. The maximum absolute atomic E-state index is 11.5. The fraction of sp³-hybridized carbons (Fsp3) is 0.359. The molecule has 0 heterocycles. The summed E-state index contributed by atoms with van der Waals surface area (Å²) in [4.78, 5) is 1.94. The molecule has 3 aromatic carbocycles. The molecule has 0 aliphatic heterocycles. The van der Waals surface area contributed by atoms with Crippen molar-refractivity contribution in [3.63, 3.8) is 0 Å². The zero-order valence-electron chi connectivity index (χ0n) is 30.6. The maximum Gasteiger partial charge on any atom is 1.00 e. The topological polar surface area (TPSA) is 139 Å². The molecule has 0 amide bonds. The van der Waals surface area contributed by atoms with Crippen molar-refractivity contribution < 1.29 is 64.8 Å². The molecule has 4 rings (SSSR count). The predicted octanol–water partition coefficient (Wildman–Crippen LogP) is 4.05. The number of hydrogen-bond donors (Lipinski definition) is 2. The Kier molecular flexibility index (Phi) is 17.3. The van der Waals surface area contributed by atoms with Crippen molar-refractivity contribution in [2.24, 2.45) is 0 Å². The number of hydrogen-bond acceptors (Lipinski definition) is 8. The van der Waals surface area contributed by atoms with Gasteiger partial charge in [-0.2, -0.15) is 8.42 Å². The zero-order chi connectivity index (χ0) is 36.9. The van der Waals surface area contributed by atoms with Crippen LogP contribution in [0.2, 0.25) is 0 Å². The smallest absolute Gasteiger partial charge is 0.748 e. The van der Waals surface area contributed by atoms with Gasteiger partial charge in [0.1, 0.15) is 18.0 Å². The minimum atomic E-state index is -4.35. The minimum absolute atomic E-state index is 0. The van der Waals surface area contributed by atoms with Crippen molar-refractivity contribution in [2.45, 2.75) is 46.5 Å². The van der Waals surface area contributed by atoms with Crippen LogP contribution in [0.5, 0.6) is 5.75 Å². The number of unbranched alkanes of at least 4 members (excludes halogenated alkanes) is 2. The molecule has 1 aliphatic carbocycles. The van der Waals surface area contributed by atoms with Crippen LogP contribution in [0.25, 0.3) is 5.57 Å². The van der Waals surface area contributed by atoms with E-state index >= 15 is 0 Å². The van der Waals surface area contributed by atoms with E-state index in [1.54, 1.807) is 0 Å². The number of nitrogens with one attached hydrogen (secondary N) is 1. The Balaban J connectivity index is 0.00000729. The van der Waals surface area contributed by atoms with Gasteiger partial charge in [0.15, 0.2) is 12.3 Å². The van der Waals surface area contributed by atoms with Gasteiger partial charge >= 0.3 is 29.6 Å². The Morgan fingerprint density at radius 3 is 1.83 bits per heavy atom. The molecule has 3 aromatic rings. The van der Waals surface area contributed by atoms with E-state index < -0.39 is 26.0 Å². The van der Waals surface area contributed by atoms with E-state index in [-0.39, 0.29) is 48.4 Å². The van der Waals surface area contributed by atoms with Crippen molar-refractivity contribution in [2.75, 3.05) is 54.5 Å². The van der Waals surface area contributed by atoms with Crippen LogP contribution in [0.4, 0.5) is 17.1 Å². The second-order valence-corrected chi connectivity index (χ2v) is 15.5.